The zero-order chi connectivity index (χ0) is 18.2. The second-order valence-corrected chi connectivity index (χ2v) is 8.14. The Labute approximate surface area is 160 Å². The van der Waals surface area contributed by atoms with Gasteiger partial charge in [-0.2, -0.15) is 0 Å². The van der Waals surface area contributed by atoms with Crippen LogP contribution in [0.4, 0.5) is 0 Å². The van der Waals surface area contributed by atoms with Crippen LogP contribution in [0.15, 0.2) is 48.9 Å². The van der Waals surface area contributed by atoms with Crippen molar-refractivity contribution in [1.82, 2.24) is 24.2 Å². The van der Waals surface area contributed by atoms with Gasteiger partial charge in [-0.15, -0.1) is 0 Å². The maximum Gasteiger partial charge on any atom is 0.110 e. The van der Waals surface area contributed by atoms with Gasteiger partial charge in [0.15, 0.2) is 0 Å². The second kappa shape index (κ2) is 7.06. The van der Waals surface area contributed by atoms with E-state index in [0.717, 1.165) is 31.4 Å². The van der Waals surface area contributed by atoms with Crippen molar-refractivity contribution in [2.24, 2.45) is 5.92 Å². The first kappa shape index (κ1) is 16.9. The van der Waals surface area contributed by atoms with Crippen LogP contribution in [0, 0.1) is 12.8 Å². The van der Waals surface area contributed by atoms with Crippen LogP contribution in [0.1, 0.15) is 29.9 Å². The van der Waals surface area contributed by atoms with E-state index in [0.29, 0.717) is 6.04 Å². The van der Waals surface area contributed by atoms with E-state index in [2.05, 4.69) is 62.6 Å². The summed E-state index contributed by atoms with van der Waals surface area (Å²) in [4.78, 5) is 14.4. The predicted octanol–water partition coefficient (Wildman–Crippen LogP) is 3.13. The minimum absolute atomic E-state index is 0.631. The smallest absolute Gasteiger partial charge is 0.110 e. The van der Waals surface area contributed by atoms with Gasteiger partial charge in [0.1, 0.15) is 5.82 Å². The van der Waals surface area contributed by atoms with Crippen LogP contribution in [0.5, 0.6) is 0 Å². The lowest BCUT2D eigenvalue weighted by molar-refractivity contribution is 0.122. The third-order valence-corrected chi connectivity index (χ3v) is 6.21. The average molecular weight is 361 g/mol. The van der Waals surface area contributed by atoms with E-state index in [1.807, 2.05) is 12.4 Å². The predicted molar refractivity (Wildman–Crippen MR) is 106 cm³/mol. The third kappa shape index (κ3) is 3.37. The number of aromatic nitrogens is 3. The Bertz CT molecular complexity index is 919. The molecule has 0 aliphatic carbocycles. The highest BCUT2D eigenvalue weighted by Crippen LogP contribution is 2.30. The number of fused-ring (bicyclic) bond motifs is 5. The summed E-state index contributed by atoms with van der Waals surface area (Å²) in [6.07, 6.45) is 8.59. The van der Waals surface area contributed by atoms with Crippen molar-refractivity contribution in [3.63, 3.8) is 0 Å². The van der Waals surface area contributed by atoms with Crippen molar-refractivity contribution >= 4 is 5.52 Å². The van der Waals surface area contributed by atoms with Gasteiger partial charge in [0.05, 0.1) is 11.2 Å². The Kier molecular flexibility index (Phi) is 4.42. The number of hydrogen-bond acceptors (Lipinski definition) is 4. The van der Waals surface area contributed by atoms with E-state index >= 15 is 0 Å². The van der Waals surface area contributed by atoms with Crippen LogP contribution in [0.2, 0.25) is 0 Å². The first-order valence-corrected chi connectivity index (χ1v) is 10.0. The molecular formula is C22H27N5. The fraction of sp³-hybridized carbons (Fsp3) is 0.455. The van der Waals surface area contributed by atoms with Crippen molar-refractivity contribution in [2.45, 2.75) is 38.9 Å². The topological polar surface area (TPSA) is 36.7 Å². The van der Waals surface area contributed by atoms with Gasteiger partial charge in [0.25, 0.3) is 0 Å². The van der Waals surface area contributed by atoms with Crippen LogP contribution in [-0.2, 0) is 13.1 Å². The van der Waals surface area contributed by atoms with Gasteiger partial charge in [-0.25, -0.2) is 4.98 Å². The van der Waals surface area contributed by atoms with E-state index in [4.69, 9.17) is 4.98 Å². The molecule has 3 aromatic rings. The lowest BCUT2D eigenvalue weighted by Gasteiger charge is -2.35. The van der Waals surface area contributed by atoms with E-state index in [1.54, 1.807) is 0 Å². The zero-order valence-electron chi connectivity index (χ0n) is 16.0. The molecule has 3 aliphatic heterocycles. The molecule has 0 spiro atoms. The summed E-state index contributed by atoms with van der Waals surface area (Å²) in [6.45, 7) is 7.66. The summed E-state index contributed by atoms with van der Waals surface area (Å²) in [7, 11) is 0. The number of imidazole rings is 1. The van der Waals surface area contributed by atoms with Crippen LogP contribution in [-0.4, -0.2) is 49.8 Å². The molecule has 0 unspecified atom stereocenters. The summed E-state index contributed by atoms with van der Waals surface area (Å²) >= 11 is 0. The second-order valence-electron chi connectivity index (χ2n) is 8.14. The molecule has 0 radical (unpaired) electrons. The summed E-state index contributed by atoms with van der Waals surface area (Å²) < 4.78 is 2.21. The Balaban J connectivity index is 1.34. The van der Waals surface area contributed by atoms with Gasteiger partial charge in [-0.3, -0.25) is 14.8 Å². The number of hydrogen-bond donors (Lipinski definition) is 0. The molecule has 2 bridgehead atoms. The number of aryl methyl sites for hydroxylation is 1. The van der Waals surface area contributed by atoms with Gasteiger partial charge in [0, 0.05) is 57.4 Å². The number of rotatable bonds is 4. The van der Waals surface area contributed by atoms with E-state index in [-0.39, 0.29) is 0 Å². The minimum atomic E-state index is 0.631. The van der Waals surface area contributed by atoms with Gasteiger partial charge >= 0.3 is 0 Å². The Hall–Kier alpha value is -2.24. The molecule has 3 saturated heterocycles. The van der Waals surface area contributed by atoms with E-state index < -0.39 is 0 Å². The lowest BCUT2D eigenvalue weighted by Crippen LogP contribution is -2.43. The molecule has 6 rings (SSSR count). The molecule has 0 aromatic carbocycles. The fourth-order valence-corrected chi connectivity index (χ4v) is 4.92. The lowest BCUT2D eigenvalue weighted by atomic mass is 9.95. The molecule has 0 saturated carbocycles. The molecule has 3 aromatic heterocycles. The molecule has 0 amide bonds. The number of pyridine rings is 2. The molecule has 5 heteroatoms. The monoisotopic (exact) mass is 361 g/mol. The largest absolute Gasteiger partial charge is 0.304 e. The molecule has 2 atom stereocenters. The Morgan fingerprint density at radius 1 is 1.00 bits per heavy atom. The van der Waals surface area contributed by atoms with Crippen molar-refractivity contribution in [3.05, 3.63) is 66.0 Å². The maximum absolute atomic E-state index is 4.89. The van der Waals surface area contributed by atoms with Gasteiger partial charge in [-0.05, 0) is 55.5 Å². The third-order valence-electron chi connectivity index (χ3n) is 6.21. The number of nitrogens with zero attached hydrogens (tertiary/aromatic N) is 5. The molecule has 140 valence electrons. The van der Waals surface area contributed by atoms with Crippen molar-refractivity contribution in [3.8, 4) is 0 Å². The van der Waals surface area contributed by atoms with Crippen LogP contribution in [0.25, 0.3) is 5.52 Å². The standard InChI is InChI=1S/C22H27N5/c1-17-24-21(22-4-2-3-11-27(17)22)16-26-14-19-5-6-20(26)15-25(13-19)12-18-7-9-23-10-8-18/h2-4,7-11,19-20H,5-6,12-16H2,1H3/t19-,20+/m0/s1. The summed E-state index contributed by atoms with van der Waals surface area (Å²) in [5.74, 6) is 1.85. The summed E-state index contributed by atoms with van der Waals surface area (Å²) in [5, 5.41) is 0. The molecule has 3 fully saturated rings. The Morgan fingerprint density at radius 2 is 1.89 bits per heavy atom. The molecule has 0 N–H and O–H groups in total. The van der Waals surface area contributed by atoms with E-state index in [9.17, 15) is 0 Å². The highest BCUT2D eigenvalue weighted by molar-refractivity contribution is 5.53. The van der Waals surface area contributed by atoms with Crippen LogP contribution in [0.3, 0.4) is 0 Å². The molecular weight excluding hydrogens is 334 g/mol. The highest BCUT2D eigenvalue weighted by atomic mass is 15.3. The van der Waals surface area contributed by atoms with Gasteiger partial charge < -0.3 is 4.40 Å². The van der Waals surface area contributed by atoms with E-state index in [1.165, 1.54) is 42.7 Å². The fourth-order valence-electron chi connectivity index (χ4n) is 4.92. The maximum atomic E-state index is 4.89. The van der Waals surface area contributed by atoms with Crippen LogP contribution >= 0.6 is 0 Å². The molecule has 3 aliphatic rings. The van der Waals surface area contributed by atoms with Crippen LogP contribution < -0.4 is 0 Å². The molecule has 27 heavy (non-hydrogen) atoms. The SMILES string of the molecule is Cc1nc(CN2C[C@H]3CC[C@@H]2CN(Cc2ccncc2)C3)c2ccccn12. The summed E-state index contributed by atoms with van der Waals surface area (Å²) in [5.41, 5.74) is 3.85. The van der Waals surface area contributed by atoms with Crippen molar-refractivity contribution in [2.75, 3.05) is 19.6 Å². The Morgan fingerprint density at radius 3 is 2.78 bits per heavy atom. The number of piperidine rings is 1. The van der Waals surface area contributed by atoms with Crippen molar-refractivity contribution < 1.29 is 0 Å². The first-order valence-electron chi connectivity index (χ1n) is 10.0. The quantitative estimate of drug-likeness (QED) is 0.715. The molecule has 5 nitrogen and oxygen atoms in total. The normalized spacial score (nSPS) is 23.7. The van der Waals surface area contributed by atoms with Crippen molar-refractivity contribution in [1.29, 1.82) is 0 Å². The summed E-state index contributed by atoms with van der Waals surface area (Å²) in [6, 6.07) is 11.3. The molecule has 6 heterocycles. The van der Waals surface area contributed by atoms with Gasteiger partial charge in [-0.1, -0.05) is 6.07 Å². The van der Waals surface area contributed by atoms with Gasteiger partial charge in [0.2, 0.25) is 0 Å². The highest BCUT2D eigenvalue weighted by Gasteiger charge is 2.35. The zero-order valence-corrected chi connectivity index (χ0v) is 16.0. The first-order chi connectivity index (χ1) is 13.3. The average Bonchev–Trinajstić information content (AvgIpc) is 2.83. The minimum Gasteiger partial charge on any atom is -0.304 e.